The van der Waals surface area contributed by atoms with E-state index in [0.717, 1.165) is 20.3 Å². The zero-order chi connectivity index (χ0) is 26.0. The third kappa shape index (κ3) is 7.33. The SMILES string of the molecule is COc1ccc(S(=O)(=O)N(CCc2ccccc2)CC(=O)N/N=C\c2ccc(SC)cc2)cc1OC. The first-order chi connectivity index (χ1) is 17.4. The van der Waals surface area contributed by atoms with E-state index in [-0.39, 0.29) is 17.2 Å². The quantitative estimate of drug-likeness (QED) is 0.219. The normalized spacial score (nSPS) is 11.6. The van der Waals surface area contributed by atoms with Gasteiger partial charge in [-0.25, -0.2) is 13.8 Å². The molecule has 0 aromatic heterocycles. The van der Waals surface area contributed by atoms with Crippen LogP contribution in [0.15, 0.2) is 87.7 Å². The fourth-order valence-electron chi connectivity index (χ4n) is 3.37. The Morgan fingerprint density at radius 2 is 1.69 bits per heavy atom. The van der Waals surface area contributed by atoms with Gasteiger partial charge in [0.2, 0.25) is 10.0 Å². The monoisotopic (exact) mass is 527 g/mol. The Hall–Kier alpha value is -3.34. The lowest BCUT2D eigenvalue weighted by molar-refractivity contribution is -0.121. The van der Waals surface area contributed by atoms with Gasteiger partial charge in [-0.3, -0.25) is 4.79 Å². The molecule has 0 unspecified atom stereocenters. The summed E-state index contributed by atoms with van der Waals surface area (Å²) in [7, 11) is -1.12. The highest BCUT2D eigenvalue weighted by molar-refractivity contribution is 7.98. The van der Waals surface area contributed by atoms with Crippen molar-refractivity contribution in [1.29, 1.82) is 0 Å². The predicted molar refractivity (Wildman–Crippen MR) is 142 cm³/mol. The maximum Gasteiger partial charge on any atom is 0.255 e. The number of benzene rings is 3. The number of rotatable bonds is 12. The van der Waals surface area contributed by atoms with E-state index in [4.69, 9.17) is 9.47 Å². The number of hydrogen-bond acceptors (Lipinski definition) is 7. The average Bonchev–Trinajstić information content (AvgIpc) is 2.91. The summed E-state index contributed by atoms with van der Waals surface area (Å²) in [6.45, 7) is -0.291. The molecule has 1 amide bonds. The van der Waals surface area contributed by atoms with Gasteiger partial charge in [0.15, 0.2) is 11.5 Å². The summed E-state index contributed by atoms with van der Waals surface area (Å²) in [5.41, 5.74) is 4.19. The van der Waals surface area contributed by atoms with Crippen LogP contribution in [-0.4, -0.2) is 58.4 Å². The molecule has 0 atom stereocenters. The van der Waals surface area contributed by atoms with Crippen LogP contribution < -0.4 is 14.9 Å². The summed E-state index contributed by atoms with van der Waals surface area (Å²) in [6, 6.07) is 21.5. The number of carbonyl (C=O) groups excluding carboxylic acids is 1. The first-order valence-corrected chi connectivity index (χ1v) is 13.8. The minimum absolute atomic E-state index is 0.00148. The van der Waals surface area contributed by atoms with Crippen molar-refractivity contribution in [1.82, 2.24) is 9.73 Å². The van der Waals surface area contributed by atoms with Crippen LogP contribution in [0.25, 0.3) is 0 Å². The summed E-state index contributed by atoms with van der Waals surface area (Å²) in [6.07, 6.45) is 3.94. The number of nitrogens with one attached hydrogen (secondary N) is 1. The number of carbonyl (C=O) groups is 1. The zero-order valence-corrected chi connectivity index (χ0v) is 22.0. The van der Waals surface area contributed by atoms with E-state index in [9.17, 15) is 13.2 Å². The molecule has 0 aliphatic rings. The lowest BCUT2D eigenvalue weighted by Gasteiger charge is -2.22. The van der Waals surface area contributed by atoms with Crippen molar-refractivity contribution in [2.75, 3.05) is 33.6 Å². The van der Waals surface area contributed by atoms with Crippen LogP contribution in [0.5, 0.6) is 11.5 Å². The third-order valence-corrected chi connectivity index (χ3v) is 7.91. The number of nitrogens with zero attached hydrogens (tertiary/aromatic N) is 2. The van der Waals surface area contributed by atoms with Crippen LogP contribution in [0, 0.1) is 0 Å². The Labute approximate surface area is 216 Å². The van der Waals surface area contributed by atoms with Gasteiger partial charge in [-0.05, 0) is 48.1 Å². The minimum Gasteiger partial charge on any atom is -0.493 e. The van der Waals surface area contributed by atoms with E-state index in [0.29, 0.717) is 12.2 Å². The van der Waals surface area contributed by atoms with E-state index in [1.807, 2.05) is 60.9 Å². The molecule has 190 valence electrons. The van der Waals surface area contributed by atoms with Gasteiger partial charge in [0.25, 0.3) is 5.91 Å². The van der Waals surface area contributed by atoms with Crippen molar-refractivity contribution in [3.8, 4) is 11.5 Å². The molecule has 0 aliphatic heterocycles. The lowest BCUT2D eigenvalue weighted by Crippen LogP contribution is -2.40. The van der Waals surface area contributed by atoms with Crippen molar-refractivity contribution < 1.29 is 22.7 Å². The Bertz CT molecular complexity index is 1280. The molecule has 0 radical (unpaired) electrons. The van der Waals surface area contributed by atoms with Crippen molar-refractivity contribution in [2.45, 2.75) is 16.2 Å². The first kappa shape index (κ1) is 27.3. The first-order valence-electron chi connectivity index (χ1n) is 11.1. The van der Waals surface area contributed by atoms with Crippen LogP contribution in [0.2, 0.25) is 0 Å². The van der Waals surface area contributed by atoms with Crippen molar-refractivity contribution in [3.63, 3.8) is 0 Å². The average molecular weight is 528 g/mol. The Morgan fingerprint density at radius 1 is 1.00 bits per heavy atom. The maximum atomic E-state index is 13.5. The van der Waals surface area contributed by atoms with E-state index in [1.165, 1.54) is 38.6 Å². The summed E-state index contributed by atoms with van der Waals surface area (Å²) in [5, 5.41) is 3.98. The molecule has 8 nitrogen and oxygen atoms in total. The number of sulfonamides is 1. The number of methoxy groups -OCH3 is 2. The summed E-state index contributed by atoms with van der Waals surface area (Å²) < 4.78 is 38.7. The second kappa shape index (κ2) is 13.1. The second-order valence-corrected chi connectivity index (χ2v) is 10.5. The van der Waals surface area contributed by atoms with E-state index >= 15 is 0 Å². The van der Waals surface area contributed by atoms with Crippen LogP contribution in [0.3, 0.4) is 0 Å². The molecule has 36 heavy (non-hydrogen) atoms. The molecule has 0 fully saturated rings. The molecule has 0 saturated carbocycles. The molecular formula is C26H29N3O5S2. The summed E-state index contributed by atoms with van der Waals surface area (Å²) in [5.74, 6) is 0.136. The van der Waals surface area contributed by atoms with Gasteiger partial charge in [-0.1, -0.05) is 42.5 Å². The van der Waals surface area contributed by atoms with Gasteiger partial charge in [-0.15, -0.1) is 11.8 Å². The van der Waals surface area contributed by atoms with Crippen molar-refractivity contribution in [3.05, 3.63) is 83.9 Å². The van der Waals surface area contributed by atoms with Crippen molar-refractivity contribution >= 4 is 33.9 Å². The molecule has 3 rings (SSSR count). The second-order valence-electron chi connectivity index (χ2n) is 7.66. The molecule has 0 heterocycles. The highest BCUT2D eigenvalue weighted by Gasteiger charge is 2.27. The van der Waals surface area contributed by atoms with Crippen molar-refractivity contribution in [2.24, 2.45) is 5.10 Å². The van der Waals surface area contributed by atoms with Gasteiger partial charge in [0, 0.05) is 17.5 Å². The largest absolute Gasteiger partial charge is 0.493 e. The highest BCUT2D eigenvalue weighted by atomic mass is 32.2. The van der Waals surface area contributed by atoms with Crippen LogP contribution in [0.4, 0.5) is 0 Å². The number of hydrogen-bond donors (Lipinski definition) is 1. The molecule has 3 aromatic rings. The van der Waals surface area contributed by atoms with Crippen LogP contribution in [0.1, 0.15) is 11.1 Å². The third-order valence-electron chi connectivity index (χ3n) is 5.32. The molecule has 1 N–H and O–H groups in total. The van der Waals surface area contributed by atoms with E-state index in [1.54, 1.807) is 11.8 Å². The topological polar surface area (TPSA) is 97.3 Å². The predicted octanol–water partition coefficient (Wildman–Crippen LogP) is 3.81. The Balaban J connectivity index is 1.78. The summed E-state index contributed by atoms with van der Waals surface area (Å²) in [4.78, 5) is 13.8. The summed E-state index contributed by atoms with van der Waals surface area (Å²) >= 11 is 1.63. The van der Waals surface area contributed by atoms with Gasteiger partial charge in [0.1, 0.15) is 0 Å². The van der Waals surface area contributed by atoms with Gasteiger partial charge >= 0.3 is 0 Å². The molecule has 0 aliphatic carbocycles. The molecular weight excluding hydrogens is 498 g/mol. The lowest BCUT2D eigenvalue weighted by atomic mass is 10.1. The molecule has 3 aromatic carbocycles. The fourth-order valence-corrected chi connectivity index (χ4v) is 5.19. The maximum absolute atomic E-state index is 13.5. The Kier molecular flexibility index (Phi) is 9.92. The van der Waals surface area contributed by atoms with E-state index in [2.05, 4.69) is 10.5 Å². The van der Waals surface area contributed by atoms with Crippen LogP contribution >= 0.6 is 11.8 Å². The number of thioether (sulfide) groups is 1. The Morgan fingerprint density at radius 3 is 2.33 bits per heavy atom. The van der Waals surface area contributed by atoms with Crippen LogP contribution in [-0.2, 0) is 21.2 Å². The zero-order valence-electron chi connectivity index (χ0n) is 20.4. The molecule has 0 spiro atoms. The van der Waals surface area contributed by atoms with Gasteiger partial charge in [0.05, 0.1) is 31.9 Å². The molecule has 10 heteroatoms. The standard InChI is InChI=1S/C26H29N3O5S2/c1-33-24-14-13-23(17-25(24)34-2)36(31,32)29(16-15-20-7-5-4-6-8-20)19-26(30)28-27-18-21-9-11-22(35-3)12-10-21/h4-14,17-18H,15-16,19H2,1-3H3,(H,28,30)/b27-18-. The fraction of sp³-hybridized carbons (Fsp3) is 0.231. The van der Waals surface area contributed by atoms with E-state index < -0.39 is 22.5 Å². The minimum atomic E-state index is -4.03. The number of ether oxygens (including phenoxy) is 2. The number of amides is 1. The molecule has 0 bridgehead atoms. The van der Waals surface area contributed by atoms with Gasteiger partial charge in [-0.2, -0.15) is 9.41 Å². The number of hydrazone groups is 1. The highest BCUT2D eigenvalue weighted by Crippen LogP contribution is 2.30. The smallest absolute Gasteiger partial charge is 0.255 e. The van der Waals surface area contributed by atoms with Gasteiger partial charge < -0.3 is 9.47 Å². The molecule has 0 saturated heterocycles.